The summed E-state index contributed by atoms with van der Waals surface area (Å²) >= 11 is 12.2. The van der Waals surface area contributed by atoms with E-state index in [0.717, 1.165) is 6.07 Å². The minimum Gasteiger partial charge on any atom is -0.481 e. The molecule has 1 aliphatic carbocycles. The van der Waals surface area contributed by atoms with Crippen LogP contribution in [-0.4, -0.2) is 40.9 Å². The summed E-state index contributed by atoms with van der Waals surface area (Å²) < 4.78 is 31.4. The summed E-state index contributed by atoms with van der Waals surface area (Å²) in [4.78, 5) is 53.9. The number of carboxylic acid groups (broad SMARTS) is 1. The molecular weight excluding hydrogens is 556 g/mol. The van der Waals surface area contributed by atoms with E-state index in [2.05, 4.69) is 5.32 Å². The van der Waals surface area contributed by atoms with Gasteiger partial charge in [-0.25, -0.2) is 4.39 Å². The smallest absolute Gasteiger partial charge is 0.311 e. The standard InChI is InChI=1S/C27H16Cl2FNO8/c28-14-6-4-11(8-15(14)29)22-20(25(34)31-12-5-7-17-18(9-12)38-10-37-17)21(26(35)36)27(39-22)23(32)13-2-1-3-16(30)19(13)24(27)33/h1-9,20-22H,10H2,(H,31,34)(H,35,36). The molecule has 0 bridgehead atoms. The molecule has 0 radical (unpaired) electrons. The second-order valence-corrected chi connectivity index (χ2v) is 9.98. The second kappa shape index (κ2) is 9.04. The number of rotatable bonds is 4. The normalized spacial score (nSPS) is 24.7. The van der Waals surface area contributed by atoms with Crippen LogP contribution in [0.25, 0.3) is 0 Å². The van der Waals surface area contributed by atoms with Gasteiger partial charge in [0.05, 0.1) is 27.6 Å². The Morgan fingerprint density at radius 1 is 0.974 bits per heavy atom. The van der Waals surface area contributed by atoms with E-state index in [1.54, 1.807) is 6.07 Å². The highest BCUT2D eigenvalue weighted by Crippen LogP contribution is 2.55. The Balaban J connectivity index is 1.48. The molecule has 3 aromatic rings. The molecule has 6 rings (SSSR count). The van der Waals surface area contributed by atoms with Gasteiger partial charge in [-0.3, -0.25) is 19.2 Å². The zero-order valence-corrected chi connectivity index (χ0v) is 21.1. The number of carboxylic acids is 1. The van der Waals surface area contributed by atoms with Gasteiger partial charge in [0, 0.05) is 17.3 Å². The highest BCUT2D eigenvalue weighted by Gasteiger charge is 2.71. The number of Topliss-reactive ketones (excluding diaryl/α,β-unsaturated/α-hetero) is 2. The van der Waals surface area contributed by atoms with E-state index >= 15 is 0 Å². The van der Waals surface area contributed by atoms with E-state index < -0.39 is 58.4 Å². The minimum atomic E-state index is -2.69. The fourth-order valence-corrected chi connectivity index (χ4v) is 5.68. The summed E-state index contributed by atoms with van der Waals surface area (Å²) in [6.45, 7) is -0.00640. The number of amides is 1. The Hall–Kier alpha value is -3.99. The molecule has 4 unspecified atom stereocenters. The van der Waals surface area contributed by atoms with Crippen molar-refractivity contribution in [2.24, 2.45) is 11.8 Å². The van der Waals surface area contributed by atoms with E-state index in [1.165, 1.54) is 42.5 Å². The number of fused-ring (bicyclic) bond motifs is 2. The summed E-state index contributed by atoms with van der Waals surface area (Å²) in [5, 5.41) is 13.2. The van der Waals surface area contributed by atoms with Crippen molar-refractivity contribution in [3.05, 3.63) is 87.2 Å². The molecule has 198 valence electrons. The molecule has 9 nitrogen and oxygen atoms in total. The highest BCUT2D eigenvalue weighted by molar-refractivity contribution is 6.42. The number of ether oxygens (including phenoxy) is 3. The van der Waals surface area contributed by atoms with E-state index in [-0.39, 0.29) is 33.7 Å². The monoisotopic (exact) mass is 571 g/mol. The molecule has 1 saturated heterocycles. The van der Waals surface area contributed by atoms with Crippen molar-refractivity contribution in [1.82, 2.24) is 0 Å². The van der Waals surface area contributed by atoms with Gasteiger partial charge in [0.25, 0.3) is 0 Å². The molecule has 4 atom stereocenters. The van der Waals surface area contributed by atoms with E-state index in [4.69, 9.17) is 37.4 Å². The van der Waals surface area contributed by atoms with Crippen molar-refractivity contribution < 1.29 is 42.9 Å². The molecule has 2 aliphatic heterocycles. The van der Waals surface area contributed by atoms with E-state index in [9.17, 15) is 28.7 Å². The molecule has 0 saturated carbocycles. The number of carbonyl (C=O) groups is 4. The number of nitrogens with one attached hydrogen (secondary N) is 1. The predicted molar refractivity (Wildman–Crippen MR) is 134 cm³/mol. The van der Waals surface area contributed by atoms with E-state index in [1.807, 2.05) is 0 Å². The average molecular weight is 572 g/mol. The maximum atomic E-state index is 14.7. The van der Waals surface area contributed by atoms with Crippen LogP contribution in [0.4, 0.5) is 10.1 Å². The Kier molecular flexibility index (Phi) is 5.87. The van der Waals surface area contributed by atoms with Crippen molar-refractivity contribution in [2.75, 3.05) is 12.1 Å². The van der Waals surface area contributed by atoms with Crippen LogP contribution in [0.5, 0.6) is 11.5 Å². The average Bonchev–Trinajstić information content (AvgIpc) is 3.57. The van der Waals surface area contributed by atoms with Gasteiger partial charge >= 0.3 is 5.97 Å². The zero-order valence-electron chi connectivity index (χ0n) is 19.6. The molecule has 1 spiro atoms. The van der Waals surface area contributed by atoms with Crippen molar-refractivity contribution in [2.45, 2.75) is 11.7 Å². The molecule has 12 heteroatoms. The predicted octanol–water partition coefficient (Wildman–Crippen LogP) is 4.71. The van der Waals surface area contributed by atoms with E-state index in [0.29, 0.717) is 11.5 Å². The molecule has 2 heterocycles. The largest absolute Gasteiger partial charge is 0.481 e. The van der Waals surface area contributed by atoms with Crippen LogP contribution in [0.3, 0.4) is 0 Å². The number of benzene rings is 3. The van der Waals surface area contributed by atoms with Crippen LogP contribution in [0.1, 0.15) is 32.4 Å². The highest BCUT2D eigenvalue weighted by atomic mass is 35.5. The number of aliphatic carboxylic acids is 1. The van der Waals surface area contributed by atoms with Crippen LogP contribution in [0.2, 0.25) is 10.0 Å². The van der Waals surface area contributed by atoms with Gasteiger partial charge in [0.1, 0.15) is 11.7 Å². The number of carbonyl (C=O) groups excluding carboxylic acids is 3. The fourth-order valence-electron chi connectivity index (χ4n) is 5.38. The fraction of sp³-hybridized carbons (Fsp3) is 0.185. The molecule has 3 aromatic carbocycles. The molecule has 0 aromatic heterocycles. The van der Waals surface area contributed by atoms with Gasteiger partial charge < -0.3 is 24.6 Å². The van der Waals surface area contributed by atoms with Crippen LogP contribution < -0.4 is 14.8 Å². The Morgan fingerprint density at radius 3 is 2.46 bits per heavy atom. The van der Waals surface area contributed by atoms with Crippen LogP contribution in [0.15, 0.2) is 54.6 Å². The van der Waals surface area contributed by atoms with Crippen molar-refractivity contribution >= 4 is 52.3 Å². The van der Waals surface area contributed by atoms with Gasteiger partial charge in [-0.05, 0) is 35.9 Å². The van der Waals surface area contributed by atoms with Crippen molar-refractivity contribution in [1.29, 1.82) is 0 Å². The van der Waals surface area contributed by atoms with Crippen molar-refractivity contribution in [3.8, 4) is 11.5 Å². The number of ketones is 2. The molecular formula is C27H16Cl2FNO8. The second-order valence-electron chi connectivity index (χ2n) is 9.17. The molecule has 1 amide bonds. The summed E-state index contributed by atoms with van der Waals surface area (Å²) in [7, 11) is 0. The number of anilines is 1. The minimum absolute atomic E-state index is 0.00640. The number of hydrogen-bond donors (Lipinski definition) is 2. The lowest BCUT2D eigenvalue weighted by Gasteiger charge is -2.25. The first-order valence-corrected chi connectivity index (χ1v) is 12.3. The lowest BCUT2D eigenvalue weighted by Crippen LogP contribution is -2.52. The lowest BCUT2D eigenvalue weighted by atomic mass is 9.75. The maximum absolute atomic E-state index is 14.7. The van der Waals surface area contributed by atoms with Crippen molar-refractivity contribution in [3.63, 3.8) is 0 Å². The van der Waals surface area contributed by atoms with Crippen LogP contribution in [0, 0.1) is 17.7 Å². The summed E-state index contributed by atoms with van der Waals surface area (Å²) in [5.74, 6) is -8.58. The lowest BCUT2D eigenvalue weighted by molar-refractivity contribution is -0.147. The van der Waals surface area contributed by atoms with Gasteiger partial charge in [-0.15, -0.1) is 0 Å². The summed E-state index contributed by atoms with van der Waals surface area (Å²) in [6, 6.07) is 12.2. The van der Waals surface area contributed by atoms with Gasteiger partial charge in [-0.2, -0.15) is 0 Å². The van der Waals surface area contributed by atoms with Crippen LogP contribution in [-0.2, 0) is 14.3 Å². The number of hydrogen-bond acceptors (Lipinski definition) is 7. The Bertz CT molecular complexity index is 1610. The molecule has 3 aliphatic rings. The topological polar surface area (TPSA) is 128 Å². The van der Waals surface area contributed by atoms with Gasteiger partial charge in [-0.1, -0.05) is 41.4 Å². The van der Waals surface area contributed by atoms with Gasteiger partial charge in [0.15, 0.2) is 11.5 Å². The number of halogens is 3. The Morgan fingerprint density at radius 2 is 1.74 bits per heavy atom. The third kappa shape index (κ3) is 3.70. The SMILES string of the molecule is O=C(Nc1ccc2c(c1)OCO2)C1C(c2ccc(Cl)c(Cl)c2)OC2(C(=O)c3cccc(F)c3C2=O)C1C(=O)O. The third-order valence-corrected chi connectivity index (χ3v) is 7.82. The molecule has 39 heavy (non-hydrogen) atoms. The van der Waals surface area contributed by atoms with Gasteiger partial charge in [0.2, 0.25) is 29.9 Å². The quantitative estimate of drug-likeness (QED) is 0.431. The Labute approximate surface area is 229 Å². The molecule has 1 fully saturated rings. The summed E-state index contributed by atoms with van der Waals surface area (Å²) in [5.41, 5.74) is -3.17. The van der Waals surface area contributed by atoms with Crippen LogP contribution >= 0.6 is 23.2 Å². The zero-order chi connectivity index (χ0) is 27.6. The first kappa shape index (κ1) is 25.3. The maximum Gasteiger partial charge on any atom is 0.311 e. The first-order chi connectivity index (χ1) is 18.6. The molecule has 2 N–H and O–H groups in total. The first-order valence-electron chi connectivity index (χ1n) is 11.6. The third-order valence-electron chi connectivity index (χ3n) is 7.08. The summed E-state index contributed by atoms with van der Waals surface area (Å²) in [6.07, 6.45) is -1.44.